The molecule has 1 saturated heterocycles. The van der Waals surface area contributed by atoms with E-state index in [4.69, 9.17) is 0 Å². The zero-order valence-electron chi connectivity index (χ0n) is 6.88. The molecule has 0 aromatic heterocycles. The minimum atomic E-state index is 0.591. The molecular formula is C8H17NS. The molecule has 1 atom stereocenters. The second-order valence-corrected chi connectivity index (χ2v) is 4.20. The molecule has 1 fully saturated rings. The van der Waals surface area contributed by atoms with E-state index in [0.717, 1.165) is 5.92 Å². The van der Waals surface area contributed by atoms with Crippen LogP contribution in [0.15, 0.2) is 0 Å². The van der Waals surface area contributed by atoms with Crippen LogP contribution in [0.5, 0.6) is 0 Å². The lowest BCUT2D eigenvalue weighted by atomic mass is 9.94. The van der Waals surface area contributed by atoms with Crippen LogP contribution in [-0.2, 0) is 0 Å². The summed E-state index contributed by atoms with van der Waals surface area (Å²) in [6.45, 7) is 4.73. The zero-order chi connectivity index (χ0) is 7.56. The number of hydrogen-bond acceptors (Lipinski definition) is 2. The van der Waals surface area contributed by atoms with E-state index < -0.39 is 0 Å². The predicted molar refractivity (Wildman–Crippen MR) is 48.7 cm³/mol. The first-order valence-corrected chi connectivity index (χ1v) is 4.58. The fourth-order valence-electron chi connectivity index (χ4n) is 1.51. The van der Waals surface area contributed by atoms with Crippen molar-refractivity contribution in [2.45, 2.75) is 25.0 Å². The lowest BCUT2D eigenvalue weighted by molar-refractivity contribution is 0.220. The Balaban J connectivity index is 2.26. The largest absolute Gasteiger partial charge is 0.306 e. The van der Waals surface area contributed by atoms with Crippen molar-refractivity contribution >= 4 is 12.6 Å². The van der Waals surface area contributed by atoms with Gasteiger partial charge in [-0.2, -0.15) is 12.6 Å². The molecule has 0 amide bonds. The van der Waals surface area contributed by atoms with Crippen LogP contribution >= 0.6 is 12.6 Å². The molecule has 1 aliphatic heterocycles. The molecule has 0 aromatic carbocycles. The minimum absolute atomic E-state index is 0.591. The molecule has 1 unspecified atom stereocenters. The predicted octanol–water partition coefficient (Wildman–Crippen LogP) is 1.65. The lowest BCUT2D eigenvalue weighted by Gasteiger charge is -2.30. The van der Waals surface area contributed by atoms with Crippen molar-refractivity contribution in [3.8, 4) is 0 Å². The molecule has 0 aromatic rings. The van der Waals surface area contributed by atoms with Crippen molar-refractivity contribution < 1.29 is 0 Å². The van der Waals surface area contributed by atoms with Gasteiger partial charge in [0, 0.05) is 5.25 Å². The summed E-state index contributed by atoms with van der Waals surface area (Å²) in [6.07, 6.45) is 2.67. The SMILES string of the molecule is CC(S)C1CCN(C)CC1. The van der Waals surface area contributed by atoms with Gasteiger partial charge in [-0.05, 0) is 38.9 Å². The molecule has 0 N–H and O–H groups in total. The van der Waals surface area contributed by atoms with Gasteiger partial charge in [-0.25, -0.2) is 0 Å². The number of hydrogen-bond donors (Lipinski definition) is 1. The normalized spacial score (nSPS) is 26.7. The topological polar surface area (TPSA) is 3.24 Å². The summed E-state index contributed by atoms with van der Waals surface area (Å²) in [7, 11) is 2.19. The Morgan fingerprint density at radius 1 is 1.40 bits per heavy atom. The first kappa shape index (κ1) is 8.41. The van der Waals surface area contributed by atoms with Crippen molar-refractivity contribution in [1.29, 1.82) is 0 Å². The first-order chi connectivity index (χ1) is 4.70. The molecule has 10 heavy (non-hydrogen) atoms. The molecule has 1 aliphatic rings. The number of likely N-dealkylation sites (tertiary alicyclic amines) is 1. The summed E-state index contributed by atoms with van der Waals surface area (Å²) in [4.78, 5) is 2.40. The van der Waals surface area contributed by atoms with Gasteiger partial charge in [-0.3, -0.25) is 0 Å². The summed E-state index contributed by atoms with van der Waals surface area (Å²) in [5.74, 6) is 0.861. The Bertz CT molecular complexity index is 95.4. The third-order valence-corrected chi connectivity index (χ3v) is 2.87. The first-order valence-electron chi connectivity index (χ1n) is 4.07. The van der Waals surface area contributed by atoms with Crippen LogP contribution in [0.1, 0.15) is 19.8 Å². The second-order valence-electron chi connectivity index (χ2n) is 3.38. The van der Waals surface area contributed by atoms with Gasteiger partial charge >= 0.3 is 0 Å². The van der Waals surface area contributed by atoms with E-state index in [1.165, 1.54) is 25.9 Å². The van der Waals surface area contributed by atoms with Crippen LogP contribution in [0.2, 0.25) is 0 Å². The van der Waals surface area contributed by atoms with E-state index in [9.17, 15) is 0 Å². The second kappa shape index (κ2) is 3.63. The smallest absolute Gasteiger partial charge is 0.00176 e. The van der Waals surface area contributed by atoms with Crippen molar-refractivity contribution in [3.63, 3.8) is 0 Å². The summed E-state index contributed by atoms with van der Waals surface area (Å²) in [5, 5.41) is 0.591. The van der Waals surface area contributed by atoms with E-state index in [1.807, 2.05) is 0 Å². The molecule has 1 nitrogen and oxygen atoms in total. The summed E-state index contributed by atoms with van der Waals surface area (Å²) in [5.41, 5.74) is 0. The zero-order valence-corrected chi connectivity index (χ0v) is 7.77. The van der Waals surface area contributed by atoms with E-state index >= 15 is 0 Å². The number of rotatable bonds is 1. The molecule has 1 heterocycles. The number of piperidine rings is 1. The van der Waals surface area contributed by atoms with Crippen molar-refractivity contribution in [2.24, 2.45) is 5.92 Å². The monoisotopic (exact) mass is 159 g/mol. The van der Waals surface area contributed by atoms with Gasteiger partial charge in [0.2, 0.25) is 0 Å². The molecule has 0 radical (unpaired) electrons. The molecule has 0 aliphatic carbocycles. The molecular weight excluding hydrogens is 142 g/mol. The van der Waals surface area contributed by atoms with Crippen LogP contribution in [0.25, 0.3) is 0 Å². The van der Waals surface area contributed by atoms with Gasteiger partial charge in [-0.15, -0.1) is 0 Å². The van der Waals surface area contributed by atoms with Gasteiger partial charge in [-0.1, -0.05) is 6.92 Å². The van der Waals surface area contributed by atoms with E-state index in [-0.39, 0.29) is 0 Å². The average Bonchev–Trinajstić information content (AvgIpc) is 1.88. The highest BCUT2D eigenvalue weighted by Gasteiger charge is 2.19. The minimum Gasteiger partial charge on any atom is -0.306 e. The standard InChI is InChI=1S/C8H17NS/c1-7(10)8-3-5-9(2)6-4-8/h7-8,10H,3-6H2,1-2H3. The molecule has 2 heteroatoms. The Morgan fingerprint density at radius 3 is 2.30 bits per heavy atom. The van der Waals surface area contributed by atoms with Gasteiger partial charge in [0.15, 0.2) is 0 Å². The third-order valence-electron chi connectivity index (χ3n) is 2.45. The maximum atomic E-state index is 4.45. The van der Waals surface area contributed by atoms with Gasteiger partial charge in [0.1, 0.15) is 0 Å². The maximum absolute atomic E-state index is 4.45. The summed E-state index contributed by atoms with van der Waals surface area (Å²) in [6, 6.07) is 0. The summed E-state index contributed by atoms with van der Waals surface area (Å²) >= 11 is 4.45. The lowest BCUT2D eigenvalue weighted by Crippen LogP contribution is -2.32. The Hall–Kier alpha value is 0.310. The van der Waals surface area contributed by atoms with Crippen molar-refractivity contribution in [2.75, 3.05) is 20.1 Å². The average molecular weight is 159 g/mol. The van der Waals surface area contributed by atoms with Crippen LogP contribution in [0, 0.1) is 5.92 Å². The third kappa shape index (κ3) is 2.17. The van der Waals surface area contributed by atoms with Crippen LogP contribution in [0.3, 0.4) is 0 Å². The van der Waals surface area contributed by atoms with Gasteiger partial charge in [0.05, 0.1) is 0 Å². The molecule has 0 saturated carbocycles. The van der Waals surface area contributed by atoms with Crippen LogP contribution in [0.4, 0.5) is 0 Å². The Morgan fingerprint density at radius 2 is 1.90 bits per heavy atom. The summed E-state index contributed by atoms with van der Waals surface area (Å²) < 4.78 is 0. The van der Waals surface area contributed by atoms with E-state index in [2.05, 4.69) is 31.5 Å². The Kier molecular flexibility index (Phi) is 3.05. The number of thiol groups is 1. The van der Waals surface area contributed by atoms with Crippen LogP contribution in [-0.4, -0.2) is 30.3 Å². The molecule has 1 rings (SSSR count). The fourth-order valence-corrected chi connectivity index (χ4v) is 1.81. The fraction of sp³-hybridized carbons (Fsp3) is 1.00. The molecule has 0 spiro atoms. The highest BCUT2D eigenvalue weighted by molar-refractivity contribution is 7.80. The quantitative estimate of drug-likeness (QED) is 0.569. The van der Waals surface area contributed by atoms with Crippen LogP contribution < -0.4 is 0 Å². The molecule has 0 bridgehead atoms. The number of nitrogens with zero attached hydrogens (tertiary/aromatic N) is 1. The van der Waals surface area contributed by atoms with Gasteiger partial charge in [0.25, 0.3) is 0 Å². The van der Waals surface area contributed by atoms with E-state index in [1.54, 1.807) is 0 Å². The van der Waals surface area contributed by atoms with Gasteiger partial charge < -0.3 is 4.90 Å². The Labute approximate surface area is 69.2 Å². The van der Waals surface area contributed by atoms with Crippen molar-refractivity contribution in [3.05, 3.63) is 0 Å². The van der Waals surface area contributed by atoms with Crippen molar-refractivity contribution in [1.82, 2.24) is 4.90 Å². The highest BCUT2D eigenvalue weighted by atomic mass is 32.1. The highest BCUT2D eigenvalue weighted by Crippen LogP contribution is 2.22. The van der Waals surface area contributed by atoms with E-state index in [0.29, 0.717) is 5.25 Å². The molecule has 60 valence electrons. The maximum Gasteiger partial charge on any atom is 0.00176 e.